The van der Waals surface area contributed by atoms with Crippen LogP contribution in [-0.4, -0.2) is 30.3 Å². The minimum absolute atomic E-state index is 0.0682. The average molecular weight is 423 g/mol. The van der Waals surface area contributed by atoms with E-state index in [-0.39, 0.29) is 12.6 Å². The monoisotopic (exact) mass is 422 g/mol. The first-order valence-electron chi connectivity index (χ1n) is 10.9. The first-order chi connectivity index (χ1) is 14.1. The van der Waals surface area contributed by atoms with Crippen molar-refractivity contribution < 1.29 is 14.4 Å². The third kappa shape index (κ3) is 7.31. The van der Waals surface area contributed by atoms with Gasteiger partial charge in [-0.2, -0.15) is 0 Å². The molecule has 1 saturated carbocycles. The fourth-order valence-corrected chi connectivity index (χ4v) is 3.45. The zero-order valence-electron chi connectivity index (χ0n) is 18.1. The second-order valence-corrected chi connectivity index (χ2v) is 8.01. The molecule has 1 amide bonds. The lowest BCUT2D eigenvalue weighted by molar-refractivity contribution is -0.119. The summed E-state index contributed by atoms with van der Waals surface area (Å²) in [6.07, 6.45) is 7.79. The van der Waals surface area contributed by atoms with Crippen LogP contribution in [0.15, 0.2) is 23.4 Å². The zero-order chi connectivity index (χ0) is 21.1. The molecule has 1 atom stereocenters. The molecular weight excluding hydrogens is 388 g/mol. The van der Waals surface area contributed by atoms with Gasteiger partial charge in [0.05, 0.1) is 18.0 Å². The second kappa shape index (κ2) is 12.9. The largest absolute Gasteiger partial charge is 0.377 e. The highest BCUT2D eigenvalue weighted by atomic mass is 35.5. The van der Waals surface area contributed by atoms with Gasteiger partial charge in [-0.15, -0.1) is 11.6 Å². The highest BCUT2D eigenvalue weighted by Crippen LogP contribution is 2.26. The van der Waals surface area contributed by atoms with Crippen molar-refractivity contribution in [3.8, 4) is 0 Å². The second-order valence-electron chi connectivity index (χ2n) is 7.49. The number of alkyl halides is 1. The molecule has 5 nitrogen and oxygen atoms in total. The van der Waals surface area contributed by atoms with E-state index in [0.29, 0.717) is 13.0 Å². The van der Waals surface area contributed by atoms with Crippen LogP contribution < -0.4 is 4.90 Å². The number of aryl methyl sites for hydroxylation is 1. The smallest absolute Gasteiger partial charge is 0.247 e. The van der Waals surface area contributed by atoms with E-state index in [1.807, 2.05) is 13.0 Å². The lowest BCUT2D eigenvalue weighted by Crippen LogP contribution is -2.38. The van der Waals surface area contributed by atoms with Crippen molar-refractivity contribution in [1.82, 2.24) is 0 Å². The van der Waals surface area contributed by atoms with Crippen molar-refractivity contribution >= 4 is 28.9 Å². The van der Waals surface area contributed by atoms with E-state index in [1.165, 1.54) is 0 Å². The van der Waals surface area contributed by atoms with Crippen LogP contribution in [0.2, 0.25) is 0 Å². The van der Waals surface area contributed by atoms with Gasteiger partial charge in [-0.25, -0.2) is 0 Å². The Morgan fingerprint density at radius 3 is 2.66 bits per heavy atom. The summed E-state index contributed by atoms with van der Waals surface area (Å²) in [7, 11) is 0. The van der Waals surface area contributed by atoms with Gasteiger partial charge in [-0.1, -0.05) is 44.5 Å². The summed E-state index contributed by atoms with van der Waals surface area (Å²) in [5.41, 5.74) is 4.02. The molecule has 1 aliphatic rings. The Morgan fingerprint density at radius 1 is 1.24 bits per heavy atom. The topological polar surface area (TPSA) is 51.1 Å². The Balaban J connectivity index is 2.21. The lowest BCUT2D eigenvalue weighted by atomic mass is 10.1. The molecule has 0 spiro atoms. The van der Waals surface area contributed by atoms with Gasteiger partial charge in [0.2, 0.25) is 5.91 Å². The van der Waals surface area contributed by atoms with Crippen molar-refractivity contribution in [3.05, 3.63) is 29.3 Å². The average Bonchev–Trinajstić information content (AvgIpc) is 3.26. The molecule has 29 heavy (non-hydrogen) atoms. The quantitative estimate of drug-likeness (QED) is 0.184. The molecule has 162 valence electrons. The van der Waals surface area contributed by atoms with Crippen molar-refractivity contribution in [2.24, 2.45) is 5.16 Å². The van der Waals surface area contributed by atoms with E-state index in [9.17, 15) is 4.79 Å². The fourth-order valence-electron chi connectivity index (χ4n) is 3.33. The summed E-state index contributed by atoms with van der Waals surface area (Å²) < 4.78 is 5.76. The van der Waals surface area contributed by atoms with Crippen LogP contribution >= 0.6 is 11.6 Å². The number of nitrogens with zero attached hydrogens (tertiary/aromatic N) is 2. The summed E-state index contributed by atoms with van der Waals surface area (Å²) in [5.74, 6) is -0.153. The Morgan fingerprint density at radius 2 is 2.00 bits per heavy atom. The van der Waals surface area contributed by atoms with Crippen molar-refractivity contribution in [3.63, 3.8) is 0 Å². The number of hydrogen-bond donors (Lipinski definition) is 0. The maximum absolute atomic E-state index is 13.0. The van der Waals surface area contributed by atoms with Gasteiger partial charge in [0.15, 0.2) is 6.73 Å². The van der Waals surface area contributed by atoms with Crippen molar-refractivity contribution in [2.75, 3.05) is 18.2 Å². The van der Waals surface area contributed by atoms with Crippen LogP contribution in [0.4, 0.5) is 5.69 Å². The van der Waals surface area contributed by atoms with E-state index < -0.39 is 5.38 Å². The highest BCUT2D eigenvalue weighted by Gasteiger charge is 2.25. The first kappa shape index (κ1) is 23.7. The number of ether oxygens (including phenoxy) is 1. The van der Waals surface area contributed by atoms with E-state index in [4.69, 9.17) is 21.2 Å². The van der Waals surface area contributed by atoms with Gasteiger partial charge in [0.25, 0.3) is 0 Å². The SMILES string of the molecule is CCCCOCc1ccc(CC)c(N(CON=C2CCCC2)C(=O)C(Cl)CC)c1. The summed E-state index contributed by atoms with van der Waals surface area (Å²) in [6, 6.07) is 6.15. The molecule has 1 aliphatic carbocycles. The Bertz CT molecular complexity index is 670. The van der Waals surface area contributed by atoms with E-state index >= 15 is 0 Å². The molecular formula is C23H35ClN2O3. The predicted octanol–water partition coefficient (Wildman–Crippen LogP) is 5.82. The minimum Gasteiger partial charge on any atom is -0.377 e. The van der Waals surface area contributed by atoms with Gasteiger partial charge in [0.1, 0.15) is 5.38 Å². The number of unbranched alkanes of at least 4 members (excludes halogenated alkanes) is 1. The maximum Gasteiger partial charge on any atom is 0.247 e. The molecule has 0 aromatic heterocycles. The fraction of sp³-hybridized carbons (Fsp3) is 0.652. The number of oxime groups is 1. The molecule has 0 bridgehead atoms. The molecule has 0 saturated heterocycles. The number of carbonyl (C=O) groups excluding carboxylic acids is 1. The summed E-state index contributed by atoms with van der Waals surface area (Å²) in [6.45, 7) is 7.47. The predicted molar refractivity (Wildman–Crippen MR) is 120 cm³/mol. The number of rotatable bonds is 12. The van der Waals surface area contributed by atoms with Crippen LogP contribution in [0.3, 0.4) is 0 Å². The van der Waals surface area contributed by atoms with Crippen LogP contribution in [0, 0.1) is 0 Å². The van der Waals surface area contributed by atoms with Crippen LogP contribution in [0.5, 0.6) is 0 Å². The molecule has 0 radical (unpaired) electrons. The van der Waals surface area contributed by atoms with Gasteiger partial charge in [0, 0.05) is 6.61 Å². The lowest BCUT2D eigenvalue weighted by Gasteiger charge is -2.26. The van der Waals surface area contributed by atoms with E-state index in [2.05, 4.69) is 31.1 Å². The first-order valence-corrected chi connectivity index (χ1v) is 11.4. The zero-order valence-corrected chi connectivity index (χ0v) is 18.8. The Labute approximate surface area is 180 Å². The number of amides is 1. The van der Waals surface area contributed by atoms with E-state index in [0.717, 1.165) is 74.1 Å². The standard InChI is InChI=1S/C23H35ClN2O3/c1-4-7-14-28-16-18-12-13-19(5-2)22(15-18)26(23(27)21(24)6-3)17-29-25-20-10-8-9-11-20/h12-13,15,21H,4-11,14,16-17H2,1-3H3. The highest BCUT2D eigenvalue weighted by molar-refractivity contribution is 6.32. The van der Waals surface area contributed by atoms with Crippen LogP contribution in [0.25, 0.3) is 0 Å². The van der Waals surface area contributed by atoms with E-state index in [1.54, 1.807) is 4.90 Å². The van der Waals surface area contributed by atoms with Gasteiger partial charge < -0.3 is 9.57 Å². The molecule has 1 unspecified atom stereocenters. The summed E-state index contributed by atoms with van der Waals surface area (Å²) >= 11 is 6.31. The molecule has 0 heterocycles. The molecule has 0 N–H and O–H groups in total. The molecule has 1 aromatic rings. The summed E-state index contributed by atoms with van der Waals surface area (Å²) in [4.78, 5) is 20.3. The van der Waals surface area contributed by atoms with Gasteiger partial charge in [-0.3, -0.25) is 9.69 Å². The Kier molecular flexibility index (Phi) is 10.5. The molecule has 1 fully saturated rings. The van der Waals surface area contributed by atoms with Gasteiger partial charge >= 0.3 is 0 Å². The third-order valence-electron chi connectivity index (χ3n) is 5.19. The minimum atomic E-state index is -0.591. The molecule has 6 heteroatoms. The number of benzene rings is 1. The maximum atomic E-state index is 13.0. The number of hydrogen-bond acceptors (Lipinski definition) is 4. The van der Waals surface area contributed by atoms with Crippen molar-refractivity contribution in [1.29, 1.82) is 0 Å². The molecule has 2 rings (SSSR count). The van der Waals surface area contributed by atoms with Crippen LogP contribution in [-0.2, 0) is 27.4 Å². The molecule has 0 aliphatic heterocycles. The summed E-state index contributed by atoms with van der Waals surface area (Å²) in [5, 5.41) is 3.67. The van der Waals surface area contributed by atoms with Crippen molar-refractivity contribution in [2.45, 2.75) is 84.1 Å². The number of halogens is 1. The third-order valence-corrected chi connectivity index (χ3v) is 5.68. The normalized spacial score (nSPS) is 14.7. The number of anilines is 1. The van der Waals surface area contributed by atoms with Gasteiger partial charge in [-0.05, 0) is 62.1 Å². The van der Waals surface area contributed by atoms with Crippen LogP contribution in [0.1, 0.15) is 76.8 Å². The number of carbonyl (C=O) groups is 1. The molecule has 1 aromatic carbocycles. The Hall–Kier alpha value is -1.59.